The Bertz CT molecular complexity index is 640. The van der Waals surface area contributed by atoms with Gasteiger partial charge in [-0.1, -0.05) is 13.0 Å². The van der Waals surface area contributed by atoms with Gasteiger partial charge in [-0.3, -0.25) is 0 Å². The molecule has 0 aliphatic heterocycles. The molecular formula is C16H22N4O. The minimum absolute atomic E-state index is 0.330. The van der Waals surface area contributed by atoms with Gasteiger partial charge in [-0.15, -0.1) is 0 Å². The van der Waals surface area contributed by atoms with Crippen LogP contribution in [0.2, 0.25) is 0 Å². The number of anilines is 1. The summed E-state index contributed by atoms with van der Waals surface area (Å²) in [6.07, 6.45) is 1.01. The number of aryl methyl sites for hydroxylation is 3. The summed E-state index contributed by atoms with van der Waals surface area (Å²) in [6, 6.07) is 4.60. The number of rotatable bonds is 5. The van der Waals surface area contributed by atoms with Gasteiger partial charge in [-0.05, 0) is 49.9 Å². The molecule has 0 fully saturated rings. The van der Waals surface area contributed by atoms with E-state index >= 15 is 0 Å². The zero-order valence-corrected chi connectivity index (χ0v) is 13.3. The van der Waals surface area contributed by atoms with Crippen molar-refractivity contribution in [2.45, 2.75) is 34.1 Å². The number of nitrogens with one attached hydrogen (secondary N) is 1. The van der Waals surface area contributed by atoms with Crippen molar-refractivity contribution in [3.8, 4) is 17.4 Å². The predicted molar refractivity (Wildman–Crippen MR) is 84.8 cm³/mol. The lowest BCUT2D eigenvalue weighted by molar-refractivity contribution is 0.379. The molecule has 0 radical (unpaired) electrons. The van der Waals surface area contributed by atoms with E-state index in [1.807, 2.05) is 0 Å². The molecule has 112 valence electrons. The molecule has 0 aliphatic rings. The van der Waals surface area contributed by atoms with Crippen LogP contribution in [-0.2, 0) is 0 Å². The average Bonchev–Trinajstić information content (AvgIpc) is 2.48. The van der Waals surface area contributed by atoms with Crippen LogP contribution in [0.15, 0.2) is 12.1 Å². The molecule has 0 spiro atoms. The largest absolute Gasteiger partial charge is 0.467 e. The molecule has 1 aromatic carbocycles. The van der Waals surface area contributed by atoms with Crippen LogP contribution in [0.3, 0.4) is 0 Å². The van der Waals surface area contributed by atoms with Crippen LogP contribution in [0, 0.1) is 20.8 Å². The highest BCUT2D eigenvalue weighted by Crippen LogP contribution is 2.25. The Morgan fingerprint density at radius 3 is 2.38 bits per heavy atom. The van der Waals surface area contributed by atoms with Crippen molar-refractivity contribution in [2.75, 3.05) is 19.0 Å². The van der Waals surface area contributed by atoms with E-state index in [9.17, 15) is 0 Å². The summed E-state index contributed by atoms with van der Waals surface area (Å²) >= 11 is 0. The van der Waals surface area contributed by atoms with E-state index in [0.29, 0.717) is 17.8 Å². The Kier molecular flexibility index (Phi) is 4.73. The van der Waals surface area contributed by atoms with Gasteiger partial charge >= 0.3 is 6.01 Å². The van der Waals surface area contributed by atoms with E-state index in [4.69, 9.17) is 4.74 Å². The zero-order valence-electron chi connectivity index (χ0n) is 13.3. The van der Waals surface area contributed by atoms with Gasteiger partial charge in [0.2, 0.25) is 5.95 Å². The Morgan fingerprint density at radius 2 is 1.71 bits per heavy atom. The summed E-state index contributed by atoms with van der Waals surface area (Å²) in [5.41, 5.74) is 4.64. The highest BCUT2D eigenvalue weighted by atomic mass is 16.5. The summed E-state index contributed by atoms with van der Waals surface area (Å²) < 4.78 is 5.19. The zero-order chi connectivity index (χ0) is 15.4. The molecule has 5 nitrogen and oxygen atoms in total. The molecule has 1 aromatic heterocycles. The number of benzene rings is 1. The third-order valence-electron chi connectivity index (χ3n) is 3.41. The fourth-order valence-corrected chi connectivity index (χ4v) is 2.09. The van der Waals surface area contributed by atoms with Crippen molar-refractivity contribution in [3.63, 3.8) is 0 Å². The molecule has 1 N–H and O–H groups in total. The van der Waals surface area contributed by atoms with Crippen molar-refractivity contribution in [3.05, 3.63) is 28.8 Å². The first-order valence-electron chi connectivity index (χ1n) is 7.17. The summed E-state index contributed by atoms with van der Waals surface area (Å²) in [5.74, 6) is 1.19. The van der Waals surface area contributed by atoms with Crippen LogP contribution in [0.1, 0.15) is 30.0 Å². The van der Waals surface area contributed by atoms with Crippen molar-refractivity contribution in [1.29, 1.82) is 0 Å². The standard InChI is InChI=1S/C16H22N4O/c1-6-7-17-15-18-14(19-16(20-15)21-5)13-9-11(3)10(2)8-12(13)4/h8-9H,6-7H2,1-5H3,(H,17,18,19,20). The molecule has 0 saturated heterocycles. The van der Waals surface area contributed by atoms with E-state index in [-0.39, 0.29) is 0 Å². The first-order chi connectivity index (χ1) is 10.0. The third kappa shape index (κ3) is 3.48. The van der Waals surface area contributed by atoms with Crippen molar-refractivity contribution in [2.24, 2.45) is 0 Å². The van der Waals surface area contributed by atoms with E-state index in [0.717, 1.165) is 24.1 Å². The third-order valence-corrected chi connectivity index (χ3v) is 3.41. The first-order valence-corrected chi connectivity index (χ1v) is 7.17. The number of nitrogens with zero attached hydrogens (tertiary/aromatic N) is 3. The van der Waals surface area contributed by atoms with Crippen LogP contribution < -0.4 is 10.1 Å². The van der Waals surface area contributed by atoms with Crippen LogP contribution in [0.4, 0.5) is 5.95 Å². The summed E-state index contributed by atoms with van der Waals surface area (Å²) in [7, 11) is 1.57. The van der Waals surface area contributed by atoms with E-state index in [2.05, 4.69) is 60.1 Å². The second-order valence-corrected chi connectivity index (χ2v) is 5.15. The molecule has 0 saturated carbocycles. The highest BCUT2D eigenvalue weighted by Gasteiger charge is 2.12. The number of hydrogen-bond acceptors (Lipinski definition) is 5. The average molecular weight is 286 g/mol. The maximum atomic E-state index is 5.19. The molecule has 21 heavy (non-hydrogen) atoms. The molecule has 0 atom stereocenters. The lowest BCUT2D eigenvalue weighted by Gasteiger charge is -2.11. The van der Waals surface area contributed by atoms with Gasteiger partial charge < -0.3 is 10.1 Å². The van der Waals surface area contributed by atoms with Crippen LogP contribution in [0.5, 0.6) is 6.01 Å². The molecule has 2 aromatic rings. The number of hydrogen-bond donors (Lipinski definition) is 1. The molecule has 0 unspecified atom stereocenters. The SMILES string of the molecule is CCCNc1nc(OC)nc(-c2cc(C)c(C)cc2C)n1. The molecule has 0 bridgehead atoms. The van der Waals surface area contributed by atoms with Gasteiger partial charge in [0.25, 0.3) is 0 Å². The van der Waals surface area contributed by atoms with Crippen molar-refractivity contribution in [1.82, 2.24) is 15.0 Å². The topological polar surface area (TPSA) is 59.9 Å². The fraction of sp³-hybridized carbons (Fsp3) is 0.438. The maximum Gasteiger partial charge on any atom is 0.321 e. The summed E-state index contributed by atoms with van der Waals surface area (Å²) in [5, 5.41) is 3.18. The molecule has 1 heterocycles. The second-order valence-electron chi connectivity index (χ2n) is 5.15. The van der Waals surface area contributed by atoms with Gasteiger partial charge in [0.05, 0.1) is 7.11 Å². The minimum atomic E-state index is 0.330. The molecular weight excluding hydrogens is 264 g/mol. The summed E-state index contributed by atoms with van der Waals surface area (Å²) in [4.78, 5) is 13.1. The highest BCUT2D eigenvalue weighted by molar-refractivity contribution is 5.63. The predicted octanol–water partition coefficient (Wildman–Crippen LogP) is 3.29. The first kappa shape index (κ1) is 15.2. The van der Waals surface area contributed by atoms with Gasteiger partial charge in [-0.2, -0.15) is 15.0 Å². The molecule has 2 rings (SSSR count). The van der Waals surface area contributed by atoms with Gasteiger partial charge in [0.1, 0.15) is 0 Å². The van der Waals surface area contributed by atoms with Crippen LogP contribution in [-0.4, -0.2) is 28.6 Å². The van der Waals surface area contributed by atoms with Crippen molar-refractivity contribution < 1.29 is 4.74 Å². The Morgan fingerprint density at radius 1 is 1.00 bits per heavy atom. The van der Waals surface area contributed by atoms with Gasteiger partial charge in [-0.25, -0.2) is 0 Å². The lowest BCUT2D eigenvalue weighted by Crippen LogP contribution is -2.08. The molecule has 5 heteroatoms. The van der Waals surface area contributed by atoms with Gasteiger partial charge in [0.15, 0.2) is 5.82 Å². The number of methoxy groups -OCH3 is 1. The smallest absolute Gasteiger partial charge is 0.321 e. The van der Waals surface area contributed by atoms with Crippen LogP contribution >= 0.6 is 0 Å². The quantitative estimate of drug-likeness (QED) is 0.914. The Balaban J connectivity index is 2.49. The molecule has 0 amide bonds. The maximum absolute atomic E-state index is 5.19. The second kappa shape index (κ2) is 6.52. The van der Waals surface area contributed by atoms with Crippen molar-refractivity contribution >= 4 is 5.95 Å². The van der Waals surface area contributed by atoms with E-state index < -0.39 is 0 Å². The normalized spacial score (nSPS) is 10.5. The number of aromatic nitrogens is 3. The number of ether oxygens (including phenoxy) is 1. The minimum Gasteiger partial charge on any atom is -0.467 e. The van der Waals surface area contributed by atoms with E-state index in [1.165, 1.54) is 11.1 Å². The fourth-order valence-electron chi connectivity index (χ4n) is 2.09. The molecule has 0 aliphatic carbocycles. The monoisotopic (exact) mass is 286 g/mol. The lowest BCUT2D eigenvalue weighted by atomic mass is 10.0. The Labute approximate surface area is 125 Å². The van der Waals surface area contributed by atoms with E-state index in [1.54, 1.807) is 7.11 Å². The van der Waals surface area contributed by atoms with Gasteiger partial charge in [0, 0.05) is 12.1 Å². The Hall–Kier alpha value is -2.17. The summed E-state index contributed by atoms with van der Waals surface area (Å²) in [6.45, 7) is 9.18. The van der Waals surface area contributed by atoms with Crippen LogP contribution in [0.25, 0.3) is 11.4 Å².